The van der Waals surface area contributed by atoms with Crippen LogP contribution in [0.25, 0.3) is 0 Å². The first-order valence-corrected chi connectivity index (χ1v) is 9.10. The summed E-state index contributed by atoms with van der Waals surface area (Å²) in [6.45, 7) is 0.316. The second kappa shape index (κ2) is 5.35. The van der Waals surface area contributed by atoms with Crippen molar-refractivity contribution in [2.45, 2.75) is 22.5 Å². The number of benzene rings is 1. The Morgan fingerprint density at radius 1 is 1.19 bits per heavy atom. The summed E-state index contributed by atoms with van der Waals surface area (Å²) in [7, 11) is -3.54. The number of thiophene rings is 1. The molecule has 0 bridgehead atoms. The van der Waals surface area contributed by atoms with E-state index in [9.17, 15) is 12.8 Å². The molecule has 0 unspecified atom stereocenters. The number of hydrogen-bond donors (Lipinski definition) is 1. The molecule has 7 heteroatoms. The van der Waals surface area contributed by atoms with Crippen LogP contribution in [-0.2, 0) is 15.4 Å². The van der Waals surface area contributed by atoms with Crippen LogP contribution in [0.5, 0.6) is 0 Å². The highest BCUT2D eigenvalue weighted by Crippen LogP contribution is 2.47. The van der Waals surface area contributed by atoms with Gasteiger partial charge in [-0.2, -0.15) is 0 Å². The molecule has 0 aliphatic heterocycles. The molecule has 0 spiro atoms. The van der Waals surface area contributed by atoms with Gasteiger partial charge in [-0.3, -0.25) is 0 Å². The standard InChI is InChI=1S/C14H13ClFNO2S2/c15-12-5-6-13(20-12)21(18,19)17-9-14(7-8-14)10-1-3-11(16)4-2-10/h1-6,17H,7-9H2. The Bertz CT molecular complexity index is 752. The zero-order chi connectivity index (χ0) is 15.1. The lowest BCUT2D eigenvalue weighted by molar-refractivity contribution is 0.568. The molecule has 0 amide bonds. The van der Waals surface area contributed by atoms with E-state index in [0.29, 0.717) is 10.9 Å². The van der Waals surface area contributed by atoms with E-state index < -0.39 is 10.0 Å². The van der Waals surface area contributed by atoms with Gasteiger partial charge in [0.15, 0.2) is 0 Å². The van der Waals surface area contributed by atoms with Gasteiger partial charge in [0.1, 0.15) is 10.0 Å². The number of halogens is 2. The molecule has 21 heavy (non-hydrogen) atoms. The first-order valence-electron chi connectivity index (χ1n) is 6.42. The van der Waals surface area contributed by atoms with Gasteiger partial charge in [0, 0.05) is 12.0 Å². The van der Waals surface area contributed by atoms with E-state index in [1.807, 2.05) is 0 Å². The fourth-order valence-electron chi connectivity index (χ4n) is 2.27. The molecule has 1 aromatic heterocycles. The minimum absolute atomic E-state index is 0.207. The average Bonchev–Trinajstić information content (AvgIpc) is 3.11. The Morgan fingerprint density at radius 2 is 1.86 bits per heavy atom. The smallest absolute Gasteiger partial charge is 0.210 e. The van der Waals surface area contributed by atoms with Crippen molar-refractivity contribution in [2.24, 2.45) is 0 Å². The second-order valence-corrected chi connectivity index (χ2v) is 8.88. The molecule has 1 heterocycles. The largest absolute Gasteiger partial charge is 0.250 e. The number of sulfonamides is 1. The summed E-state index contributed by atoms with van der Waals surface area (Å²) in [4.78, 5) is 0. The fourth-order valence-corrected chi connectivity index (χ4v) is 4.92. The molecule has 0 saturated heterocycles. The van der Waals surface area contributed by atoms with Crippen molar-refractivity contribution in [3.63, 3.8) is 0 Å². The molecule has 3 rings (SSSR count). The maximum absolute atomic E-state index is 13.0. The zero-order valence-corrected chi connectivity index (χ0v) is 13.4. The summed E-state index contributed by atoms with van der Waals surface area (Å²) in [5.41, 5.74) is 0.762. The Balaban J connectivity index is 1.74. The monoisotopic (exact) mass is 345 g/mol. The normalized spacial score (nSPS) is 16.9. The van der Waals surface area contributed by atoms with Gasteiger partial charge < -0.3 is 0 Å². The van der Waals surface area contributed by atoms with Crippen LogP contribution in [0.15, 0.2) is 40.6 Å². The van der Waals surface area contributed by atoms with Gasteiger partial charge in [-0.25, -0.2) is 17.5 Å². The average molecular weight is 346 g/mol. The topological polar surface area (TPSA) is 46.2 Å². The summed E-state index contributed by atoms with van der Waals surface area (Å²) in [5, 5.41) is 0. The Labute approximate surface area is 131 Å². The molecule has 1 saturated carbocycles. The number of rotatable bonds is 5. The highest BCUT2D eigenvalue weighted by atomic mass is 35.5. The van der Waals surface area contributed by atoms with Gasteiger partial charge in [0.2, 0.25) is 10.0 Å². The van der Waals surface area contributed by atoms with E-state index in [4.69, 9.17) is 11.6 Å². The molecule has 0 radical (unpaired) electrons. The molecule has 1 aliphatic carbocycles. The third kappa shape index (κ3) is 3.13. The van der Waals surface area contributed by atoms with Crippen LogP contribution in [0.2, 0.25) is 4.34 Å². The van der Waals surface area contributed by atoms with E-state index in [0.717, 1.165) is 29.7 Å². The van der Waals surface area contributed by atoms with Crippen LogP contribution in [0, 0.1) is 5.82 Å². The molecule has 0 atom stereocenters. The predicted octanol–water partition coefficient (Wildman–Crippen LogP) is 3.55. The first-order chi connectivity index (χ1) is 9.91. The van der Waals surface area contributed by atoms with Gasteiger partial charge in [-0.15, -0.1) is 11.3 Å². The van der Waals surface area contributed by atoms with Crippen LogP contribution >= 0.6 is 22.9 Å². The molecule has 1 aromatic carbocycles. The molecule has 1 aliphatic rings. The predicted molar refractivity (Wildman–Crippen MR) is 81.8 cm³/mol. The van der Waals surface area contributed by atoms with E-state index in [1.165, 1.54) is 18.2 Å². The highest BCUT2D eigenvalue weighted by Gasteiger charge is 2.44. The van der Waals surface area contributed by atoms with E-state index in [1.54, 1.807) is 18.2 Å². The Hall–Kier alpha value is -0.950. The van der Waals surface area contributed by atoms with Crippen LogP contribution in [0.1, 0.15) is 18.4 Å². The minimum Gasteiger partial charge on any atom is -0.210 e. The van der Waals surface area contributed by atoms with Gasteiger partial charge in [0.05, 0.1) is 4.34 Å². The summed E-state index contributed by atoms with van der Waals surface area (Å²) in [5.74, 6) is -0.289. The lowest BCUT2D eigenvalue weighted by atomic mass is 9.96. The maximum Gasteiger partial charge on any atom is 0.250 e. The highest BCUT2D eigenvalue weighted by molar-refractivity contribution is 7.91. The Morgan fingerprint density at radius 3 is 2.38 bits per heavy atom. The zero-order valence-electron chi connectivity index (χ0n) is 11.0. The van der Waals surface area contributed by atoms with Crippen molar-refractivity contribution >= 4 is 33.0 Å². The first kappa shape index (κ1) is 15.0. The summed E-state index contributed by atoms with van der Waals surface area (Å²) in [6, 6.07) is 9.31. The van der Waals surface area contributed by atoms with Gasteiger partial charge in [-0.1, -0.05) is 23.7 Å². The summed E-state index contributed by atoms with van der Waals surface area (Å²) in [6.07, 6.45) is 1.79. The van der Waals surface area contributed by atoms with Gasteiger partial charge in [-0.05, 0) is 42.7 Å². The number of nitrogens with one attached hydrogen (secondary N) is 1. The SMILES string of the molecule is O=S(=O)(NCC1(c2ccc(F)cc2)CC1)c1ccc(Cl)s1. The van der Waals surface area contributed by atoms with Crippen LogP contribution in [-0.4, -0.2) is 15.0 Å². The molecule has 1 N–H and O–H groups in total. The van der Waals surface area contributed by atoms with Crippen molar-refractivity contribution in [3.8, 4) is 0 Å². The van der Waals surface area contributed by atoms with Crippen molar-refractivity contribution in [1.82, 2.24) is 4.72 Å². The lowest BCUT2D eigenvalue weighted by Gasteiger charge is -2.16. The van der Waals surface area contributed by atoms with Crippen molar-refractivity contribution in [1.29, 1.82) is 0 Å². The number of hydrogen-bond acceptors (Lipinski definition) is 3. The summed E-state index contributed by atoms with van der Waals surface area (Å²) >= 11 is 6.80. The second-order valence-electron chi connectivity index (χ2n) is 5.17. The van der Waals surface area contributed by atoms with Gasteiger partial charge in [0.25, 0.3) is 0 Å². The van der Waals surface area contributed by atoms with E-state index in [-0.39, 0.29) is 15.4 Å². The quantitative estimate of drug-likeness (QED) is 0.900. The molecule has 1 fully saturated rings. The minimum atomic E-state index is -3.54. The van der Waals surface area contributed by atoms with E-state index in [2.05, 4.69) is 4.72 Å². The maximum atomic E-state index is 13.0. The summed E-state index contributed by atoms with van der Waals surface area (Å²) < 4.78 is 40.6. The molecular weight excluding hydrogens is 333 g/mol. The lowest BCUT2D eigenvalue weighted by Crippen LogP contribution is -2.31. The molecule has 112 valence electrons. The van der Waals surface area contributed by atoms with Gasteiger partial charge >= 0.3 is 0 Å². The molecular formula is C14H13ClFNO2S2. The van der Waals surface area contributed by atoms with E-state index >= 15 is 0 Å². The van der Waals surface area contributed by atoms with Crippen molar-refractivity contribution in [3.05, 3.63) is 52.1 Å². The van der Waals surface area contributed by atoms with Crippen LogP contribution < -0.4 is 4.72 Å². The molecule has 3 nitrogen and oxygen atoms in total. The third-order valence-electron chi connectivity index (χ3n) is 3.72. The van der Waals surface area contributed by atoms with Crippen LogP contribution in [0.3, 0.4) is 0 Å². The van der Waals surface area contributed by atoms with Crippen molar-refractivity contribution in [2.75, 3.05) is 6.54 Å². The Kier molecular flexibility index (Phi) is 3.81. The van der Waals surface area contributed by atoms with Crippen molar-refractivity contribution < 1.29 is 12.8 Å². The molecule has 2 aromatic rings. The fraction of sp³-hybridized carbons (Fsp3) is 0.286. The third-order valence-corrected chi connectivity index (χ3v) is 6.85. The van der Waals surface area contributed by atoms with Crippen LogP contribution in [0.4, 0.5) is 4.39 Å².